The second kappa shape index (κ2) is 7.71. The molecule has 0 unspecified atom stereocenters. The van der Waals surface area contributed by atoms with Crippen molar-refractivity contribution in [2.24, 2.45) is 16.5 Å². The Morgan fingerprint density at radius 1 is 1.15 bits per heavy atom. The van der Waals surface area contributed by atoms with Crippen LogP contribution in [-0.2, 0) is 0 Å². The third-order valence-electron chi connectivity index (χ3n) is 3.61. The maximum Gasteiger partial charge on any atom is 0.261 e. The summed E-state index contributed by atoms with van der Waals surface area (Å²) in [6.07, 6.45) is 0.969. The lowest BCUT2D eigenvalue weighted by Gasteiger charge is -2.10. The summed E-state index contributed by atoms with van der Waals surface area (Å²) in [6, 6.07) is 13.8. The van der Waals surface area contributed by atoms with Crippen LogP contribution in [0.2, 0.25) is 5.02 Å². The maximum absolute atomic E-state index is 12.4. The van der Waals surface area contributed by atoms with Crippen LogP contribution in [0.4, 0.5) is 17.3 Å². The zero-order chi connectivity index (χ0) is 19.4. The van der Waals surface area contributed by atoms with Gasteiger partial charge in [0, 0.05) is 22.5 Å². The van der Waals surface area contributed by atoms with Gasteiger partial charge in [-0.3, -0.25) is 9.78 Å². The number of hydrogen-bond acceptors (Lipinski definition) is 5. The van der Waals surface area contributed by atoms with Gasteiger partial charge in [-0.2, -0.15) is 0 Å². The van der Waals surface area contributed by atoms with Crippen molar-refractivity contribution in [3.63, 3.8) is 0 Å². The summed E-state index contributed by atoms with van der Waals surface area (Å²) in [5.41, 5.74) is 12.7. The Balaban J connectivity index is 2.02. The number of benzene rings is 2. The summed E-state index contributed by atoms with van der Waals surface area (Å²) in [5.74, 6) is 0.197. The van der Waals surface area contributed by atoms with Gasteiger partial charge in [0.25, 0.3) is 5.56 Å². The molecule has 0 bridgehead atoms. The molecule has 0 fully saturated rings. The molecule has 0 aliphatic carbocycles. The monoisotopic (exact) mass is 381 g/mol. The van der Waals surface area contributed by atoms with Gasteiger partial charge in [0.1, 0.15) is 0 Å². The molecule has 0 saturated heterocycles. The normalized spacial score (nSPS) is 10.3. The van der Waals surface area contributed by atoms with Crippen LogP contribution in [0.5, 0.6) is 0 Å². The standard InChI is InChI=1S/C18H16ClN7O/c19-11-3-7-13(8-4-11)24-18-25-15(14(9-20)16(27)26-18)10-1-5-12(6-2-10)23-17(21)22/h1-9,20H,(H4,21,22,23)(H2,24,25,26,27). The van der Waals surface area contributed by atoms with Gasteiger partial charge in [-0.15, -0.1) is 0 Å². The molecule has 7 N–H and O–H groups in total. The highest BCUT2D eigenvalue weighted by Gasteiger charge is 2.12. The van der Waals surface area contributed by atoms with Crippen LogP contribution < -0.4 is 22.3 Å². The number of aromatic nitrogens is 2. The first-order valence-corrected chi connectivity index (χ1v) is 8.21. The van der Waals surface area contributed by atoms with Crippen LogP contribution in [-0.4, -0.2) is 22.1 Å². The van der Waals surface area contributed by atoms with Crippen molar-refractivity contribution in [2.75, 3.05) is 5.32 Å². The van der Waals surface area contributed by atoms with Crippen molar-refractivity contribution in [3.05, 3.63) is 69.5 Å². The van der Waals surface area contributed by atoms with Crippen LogP contribution in [0.1, 0.15) is 5.56 Å². The number of nitrogens with zero attached hydrogens (tertiary/aromatic N) is 2. The average Bonchev–Trinajstić information content (AvgIpc) is 2.63. The van der Waals surface area contributed by atoms with E-state index in [4.69, 9.17) is 28.5 Å². The molecule has 8 nitrogen and oxygen atoms in total. The van der Waals surface area contributed by atoms with Gasteiger partial charge in [-0.25, -0.2) is 9.98 Å². The largest absolute Gasteiger partial charge is 0.370 e. The van der Waals surface area contributed by atoms with Crippen LogP contribution in [0.15, 0.2) is 58.3 Å². The predicted octanol–water partition coefficient (Wildman–Crippen LogP) is 2.74. The molecule has 2 aromatic carbocycles. The summed E-state index contributed by atoms with van der Waals surface area (Å²) in [6.45, 7) is 0. The van der Waals surface area contributed by atoms with Crippen LogP contribution >= 0.6 is 11.6 Å². The molecule has 9 heteroatoms. The quantitative estimate of drug-likeness (QED) is 0.340. The highest BCUT2D eigenvalue weighted by atomic mass is 35.5. The van der Waals surface area contributed by atoms with Crippen molar-refractivity contribution in [3.8, 4) is 11.3 Å². The Labute approximate surface area is 159 Å². The summed E-state index contributed by atoms with van der Waals surface area (Å²) >= 11 is 5.88. The predicted molar refractivity (Wildman–Crippen MR) is 108 cm³/mol. The molecule has 136 valence electrons. The molecule has 27 heavy (non-hydrogen) atoms. The van der Waals surface area contributed by atoms with Gasteiger partial charge in [0.05, 0.1) is 16.9 Å². The first-order valence-electron chi connectivity index (χ1n) is 7.83. The first-order chi connectivity index (χ1) is 13.0. The smallest absolute Gasteiger partial charge is 0.261 e. The summed E-state index contributed by atoms with van der Waals surface area (Å²) < 4.78 is 0. The molecule has 3 aromatic rings. The molecule has 1 aromatic heterocycles. The van der Waals surface area contributed by atoms with Gasteiger partial charge in [-0.1, -0.05) is 23.7 Å². The van der Waals surface area contributed by atoms with Gasteiger partial charge in [0.2, 0.25) is 5.95 Å². The Kier molecular flexibility index (Phi) is 5.18. The van der Waals surface area contributed by atoms with Gasteiger partial charge in [0.15, 0.2) is 5.96 Å². The van der Waals surface area contributed by atoms with Gasteiger partial charge < -0.3 is 22.2 Å². The van der Waals surface area contributed by atoms with E-state index in [1.165, 1.54) is 0 Å². The molecule has 3 rings (SSSR count). The highest BCUT2D eigenvalue weighted by molar-refractivity contribution is 6.30. The second-order valence-electron chi connectivity index (χ2n) is 5.54. The van der Waals surface area contributed by atoms with E-state index in [1.807, 2.05) is 0 Å². The van der Waals surface area contributed by atoms with Crippen LogP contribution in [0.3, 0.4) is 0 Å². The third kappa shape index (κ3) is 4.31. The third-order valence-corrected chi connectivity index (χ3v) is 3.86. The molecule has 0 spiro atoms. The van der Waals surface area contributed by atoms with E-state index < -0.39 is 5.56 Å². The SMILES string of the molecule is N=Cc1c(-c2ccc(N=C(N)N)cc2)nc(Nc2ccc(Cl)cc2)[nH]c1=O. The Morgan fingerprint density at radius 3 is 2.41 bits per heavy atom. The fraction of sp³-hybridized carbons (Fsp3) is 0. The fourth-order valence-electron chi connectivity index (χ4n) is 2.41. The lowest BCUT2D eigenvalue weighted by Crippen LogP contribution is -2.21. The highest BCUT2D eigenvalue weighted by Crippen LogP contribution is 2.24. The number of rotatable bonds is 5. The number of nitrogens with one attached hydrogen (secondary N) is 3. The zero-order valence-electron chi connectivity index (χ0n) is 14.0. The lowest BCUT2D eigenvalue weighted by atomic mass is 10.1. The Morgan fingerprint density at radius 2 is 1.81 bits per heavy atom. The van der Waals surface area contributed by atoms with Crippen LogP contribution in [0, 0.1) is 5.41 Å². The number of guanidine groups is 1. The molecule has 0 aliphatic rings. The van der Waals surface area contributed by atoms with E-state index in [-0.39, 0.29) is 17.5 Å². The van der Waals surface area contributed by atoms with Crippen molar-refractivity contribution in [1.29, 1.82) is 5.41 Å². The number of aliphatic imine (C=N–C) groups is 1. The Bertz CT molecular complexity index is 1050. The topological polar surface area (TPSA) is 146 Å². The summed E-state index contributed by atoms with van der Waals surface area (Å²) in [5, 5.41) is 11.2. The van der Waals surface area contributed by atoms with E-state index in [2.05, 4.69) is 20.3 Å². The van der Waals surface area contributed by atoms with Gasteiger partial charge >= 0.3 is 0 Å². The molecular weight excluding hydrogens is 366 g/mol. The van der Waals surface area contributed by atoms with Crippen molar-refractivity contribution in [2.45, 2.75) is 0 Å². The minimum absolute atomic E-state index is 0.0494. The summed E-state index contributed by atoms with van der Waals surface area (Å²) in [7, 11) is 0. The van der Waals surface area contributed by atoms with Crippen molar-refractivity contribution in [1.82, 2.24) is 9.97 Å². The Hall–Kier alpha value is -3.65. The molecule has 0 radical (unpaired) electrons. The number of aromatic amines is 1. The molecular formula is C18H16ClN7O. The first kappa shape index (κ1) is 18.2. The zero-order valence-corrected chi connectivity index (χ0v) is 14.8. The van der Waals surface area contributed by atoms with E-state index in [0.717, 1.165) is 6.21 Å². The molecule has 1 heterocycles. The number of anilines is 2. The van der Waals surface area contributed by atoms with E-state index in [1.54, 1.807) is 48.5 Å². The van der Waals surface area contributed by atoms with E-state index >= 15 is 0 Å². The molecule has 0 aliphatic heterocycles. The lowest BCUT2D eigenvalue weighted by molar-refractivity contribution is 1.12. The fourth-order valence-corrected chi connectivity index (χ4v) is 2.53. The summed E-state index contributed by atoms with van der Waals surface area (Å²) in [4.78, 5) is 23.4. The number of nitrogens with two attached hydrogens (primary N) is 2. The van der Waals surface area contributed by atoms with Crippen molar-refractivity contribution < 1.29 is 0 Å². The molecule has 0 amide bonds. The van der Waals surface area contributed by atoms with Crippen LogP contribution in [0.25, 0.3) is 11.3 Å². The van der Waals surface area contributed by atoms with E-state index in [9.17, 15) is 4.79 Å². The van der Waals surface area contributed by atoms with Gasteiger partial charge in [-0.05, 0) is 36.4 Å². The number of H-pyrrole nitrogens is 1. The average molecular weight is 382 g/mol. The second-order valence-corrected chi connectivity index (χ2v) is 5.97. The number of halogens is 1. The maximum atomic E-state index is 12.4. The van der Waals surface area contributed by atoms with Crippen molar-refractivity contribution >= 4 is 41.1 Å². The minimum atomic E-state index is -0.431. The van der Waals surface area contributed by atoms with E-state index in [0.29, 0.717) is 27.7 Å². The minimum Gasteiger partial charge on any atom is -0.370 e. The molecule has 0 atom stereocenters. The molecule has 0 saturated carbocycles. The number of hydrogen-bond donors (Lipinski definition) is 5.